The zero-order valence-corrected chi connectivity index (χ0v) is 9.21. The van der Waals surface area contributed by atoms with E-state index in [1.807, 2.05) is 12.1 Å². The molecule has 0 amide bonds. The number of aliphatic hydroxyl groups is 1. The van der Waals surface area contributed by atoms with E-state index in [0.29, 0.717) is 12.3 Å². The van der Waals surface area contributed by atoms with E-state index in [0.717, 1.165) is 4.47 Å². The Hall–Kier alpha value is -0.760. The molecule has 0 aliphatic carbocycles. The molecule has 0 saturated heterocycles. The van der Waals surface area contributed by atoms with Gasteiger partial charge in [-0.1, -0.05) is 41.6 Å². The molecular weight excluding hydrogens is 228 g/mol. The molecule has 13 heavy (non-hydrogen) atoms. The standard InChI is InChI=1S/C11H13BrO/c1-8(7-9(2)13)10-3-5-11(12)6-4-10/h3-6,8,13H,2,7H2,1H3/t8-/m0/s1. The molecule has 1 N–H and O–H groups in total. The van der Waals surface area contributed by atoms with Crippen LogP contribution in [-0.4, -0.2) is 5.11 Å². The van der Waals surface area contributed by atoms with Gasteiger partial charge in [0.2, 0.25) is 0 Å². The summed E-state index contributed by atoms with van der Waals surface area (Å²) < 4.78 is 1.08. The first kappa shape index (κ1) is 10.3. The van der Waals surface area contributed by atoms with Crippen molar-refractivity contribution in [3.63, 3.8) is 0 Å². The molecule has 0 fully saturated rings. The van der Waals surface area contributed by atoms with E-state index in [4.69, 9.17) is 5.11 Å². The molecular formula is C11H13BrO. The average molecular weight is 241 g/mol. The highest BCUT2D eigenvalue weighted by molar-refractivity contribution is 9.10. The van der Waals surface area contributed by atoms with Crippen molar-refractivity contribution in [3.8, 4) is 0 Å². The summed E-state index contributed by atoms with van der Waals surface area (Å²) in [6.07, 6.45) is 0.627. The Balaban J connectivity index is 2.71. The van der Waals surface area contributed by atoms with E-state index < -0.39 is 0 Å². The van der Waals surface area contributed by atoms with Crippen LogP contribution in [-0.2, 0) is 0 Å². The molecule has 0 aliphatic rings. The SMILES string of the molecule is C=C(O)C[C@H](C)c1ccc(Br)cc1. The predicted molar refractivity (Wildman–Crippen MR) is 58.9 cm³/mol. The molecule has 0 aliphatic heterocycles. The largest absolute Gasteiger partial charge is 0.513 e. The maximum absolute atomic E-state index is 9.03. The second-order valence-corrected chi connectivity index (χ2v) is 4.14. The summed E-state index contributed by atoms with van der Waals surface area (Å²) in [5, 5.41) is 9.03. The fourth-order valence-corrected chi connectivity index (χ4v) is 1.53. The third-order valence-corrected chi connectivity index (χ3v) is 2.51. The molecule has 1 aromatic carbocycles. The monoisotopic (exact) mass is 240 g/mol. The van der Waals surface area contributed by atoms with E-state index in [-0.39, 0.29) is 5.76 Å². The minimum Gasteiger partial charge on any atom is -0.513 e. The summed E-state index contributed by atoms with van der Waals surface area (Å²) in [7, 11) is 0. The highest BCUT2D eigenvalue weighted by Gasteiger charge is 2.05. The van der Waals surface area contributed by atoms with E-state index in [2.05, 4.69) is 41.6 Å². The Bertz CT molecular complexity index is 289. The minimum atomic E-state index is 0.246. The lowest BCUT2D eigenvalue weighted by Crippen LogP contribution is -1.94. The van der Waals surface area contributed by atoms with Crippen LogP contribution in [0.15, 0.2) is 41.1 Å². The van der Waals surface area contributed by atoms with Crippen LogP contribution in [0, 0.1) is 0 Å². The van der Waals surface area contributed by atoms with Gasteiger partial charge in [0.05, 0.1) is 5.76 Å². The Morgan fingerprint density at radius 2 is 2.00 bits per heavy atom. The fourth-order valence-electron chi connectivity index (χ4n) is 1.26. The number of hydrogen-bond acceptors (Lipinski definition) is 1. The van der Waals surface area contributed by atoms with Gasteiger partial charge in [-0.25, -0.2) is 0 Å². The first-order valence-electron chi connectivity index (χ1n) is 4.22. The molecule has 1 rings (SSSR count). The number of allylic oxidation sites excluding steroid dienone is 1. The van der Waals surface area contributed by atoms with Crippen LogP contribution >= 0.6 is 15.9 Å². The highest BCUT2D eigenvalue weighted by Crippen LogP contribution is 2.22. The molecule has 2 heteroatoms. The van der Waals surface area contributed by atoms with Crippen molar-refractivity contribution in [2.45, 2.75) is 19.3 Å². The van der Waals surface area contributed by atoms with Crippen LogP contribution in [0.1, 0.15) is 24.8 Å². The van der Waals surface area contributed by atoms with Crippen LogP contribution in [0.4, 0.5) is 0 Å². The van der Waals surface area contributed by atoms with Gasteiger partial charge in [0, 0.05) is 10.9 Å². The van der Waals surface area contributed by atoms with E-state index >= 15 is 0 Å². The van der Waals surface area contributed by atoms with Crippen molar-refractivity contribution in [2.24, 2.45) is 0 Å². The molecule has 0 radical (unpaired) electrons. The molecule has 0 aromatic heterocycles. The highest BCUT2D eigenvalue weighted by atomic mass is 79.9. The number of rotatable bonds is 3. The van der Waals surface area contributed by atoms with Gasteiger partial charge in [0.15, 0.2) is 0 Å². The Morgan fingerprint density at radius 3 is 2.46 bits per heavy atom. The lowest BCUT2D eigenvalue weighted by Gasteiger charge is -2.10. The Morgan fingerprint density at radius 1 is 1.46 bits per heavy atom. The van der Waals surface area contributed by atoms with Crippen molar-refractivity contribution < 1.29 is 5.11 Å². The summed E-state index contributed by atoms with van der Waals surface area (Å²) in [6.45, 7) is 5.56. The maximum Gasteiger partial charge on any atom is 0.0857 e. The maximum atomic E-state index is 9.03. The number of halogens is 1. The number of benzene rings is 1. The number of aliphatic hydroxyl groups excluding tert-OH is 1. The molecule has 1 atom stereocenters. The molecule has 70 valence electrons. The van der Waals surface area contributed by atoms with Gasteiger partial charge in [-0.05, 0) is 23.6 Å². The van der Waals surface area contributed by atoms with Crippen LogP contribution < -0.4 is 0 Å². The van der Waals surface area contributed by atoms with Gasteiger partial charge in [0.25, 0.3) is 0 Å². The first-order chi connectivity index (χ1) is 6.09. The Kier molecular flexibility index (Phi) is 3.55. The third kappa shape index (κ3) is 3.23. The van der Waals surface area contributed by atoms with Crippen LogP contribution in [0.25, 0.3) is 0 Å². The van der Waals surface area contributed by atoms with E-state index in [1.165, 1.54) is 5.56 Å². The van der Waals surface area contributed by atoms with E-state index in [1.54, 1.807) is 0 Å². The van der Waals surface area contributed by atoms with Crippen molar-refractivity contribution in [1.29, 1.82) is 0 Å². The van der Waals surface area contributed by atoms with Gasteiger partial charge < -0.3 is 5.11 Å². The molecule has 0 spiro atoms. The van der Waals surface area contributed by atoms with Gasteiger partial charge in [-0.15, -0.1) is 0 Å². The van der Waals surface area contributed by atoms with Crippen molar-refractivity contribution in [2.75, 3.05) is 0 Å². The predicted octanol–water partition coefficient (Wildman–Crippen LogP) is 4.01. The molecule has 1 nitrogen and oxygen atoms in total. The van der Waals surface area contributed by atoms with Gasteiger partial charge in [-0.3, -0.25) is 0 Å². The summed E-state index contributed by atoms with van der Waals surface area (Å²) in [6, 6.07) is 8.12. The zero-order valence-electron chi connectivity index (χ0n) is 7.63. The van der Waals surface area contributed by atoms with E-state index in [9.17, 15) is 0 Å². The summed E-state index contributed by atoms with van der Waals surface area (Å²) in [4.78, 5) is 0. The summed E-state index contributed by atoms with van der Waals surface area (Å²) in [5.41, 5.74) is 1.22. The average Bonchev–Trinajstić information content (AvgIpc) is 2.04. The van der Waals surface area contributed by atoms with Crippen LogP contribution in [0.3, 0.4) is 0 Å². The Labute approximate surface area is 87.2 Å². The normalized spacial score (nSPS) is 12.5. The molecule has 0 unspecified atom stereocenters. The lowest BCUT2D eigenvalue weighted by atomic mass is 9.97. The molecule has 0 bridgehead atoms. The molecule has 0 saturated carbocycles. The van der Waals surface area contributed by atoms with Crippen LogP contribution in [0.5, 0.6) is 0 Å². The molecule has 1 aromatic rings. The molecule has 0 heterocycles. The second-order valence-electron chi connectivity index (χ2n) is 3.22. The summed E-state index contributed by atoms with van der Waals surface area (Å²) in [5.74, 6) is 0.570. The van der Waals surface area contributed by atoms with Crippen molar-refractivity contribution in [1.82, 2.24) is 0 Å². The van der Waals surface area contributed by atoms with Crippen molar-refractivity contribution >= 4 is 15.9 Å². The van der Waals surface area contributed by atoms with Crippen LogP contribution in [0.2, 0.25) is 0 Å². The fraction of sp³-hybridized carbons (Fsp3) is 0.273. The lowest BCUT2D eigenvalue weighted by molar-refractivity contribution is 0.380. The minimum absolute atomic E-state index is 0.246. The van der Waals surface area contributed by atoms with Gasteiger partial charge in [-0.2, -0.15) is 0 Å². The van der Waals surface area contributed by atoms with Gasteiger partial charge >= 0.3 is 0 Å². The smallest absolute Gasteiger partial charge is 0.0857 e. The number of hydrogen-bond donors (Lipinski definition) is 1. The third-order valence-electron chi connectivity index (χ3n) is 1.98. The zero-order chi connectivity index (χ0) is 9.84. The van der Waals surface area contributed by atoms with Crippen molar-refractivity contribution in [3.05, 3.63) is 46.6 Å². The quantitative estimate of drug-likeness (QED) is 0.792. The first-order valence-corrected chi connectivity index (χ1v) is 5.01. The second kappa shape index (κ2) is 4.47. The summed E-state index contributed by atoms with van der Waals surface area (Å²) >= 11 is 3.38. The topological polar surface area (TPSA) is 20.2 Å². The van der Waals surface area contributed by atoms with Gasteiger partial charge in [0.1, 0.15) is 0 Å².